The maximum Gasteiger partial charge on any atom is 0.355 e. The summed E-state index contributed by atoms with van der Waals surface area (Å²) in [7, 11) is -4.06. The quantitative estimate of drug-likeness (QED) is 0.228. The van der Waals surface area contributed by atoms with E-state index in [4.69, 9.17) is 10.2 Å². The highest BCUT2D eigenvalue weighted by Crippen LogP contribution is 2.39. The summed E-state index contributed by atoms with van der Waals surface area (Å²) in [6.45, 7) is 0. The molecule has 0 saturated heterocycles. The van der Waals surface area contributed by atoms with Crippen LogP contribution < -0.4 is 5.14 Å². The number of carboxylic acids is 1. The van der Waals surface area contributed by atoms with Crippen molar-refractivity contribution < 1.29 is 22.7 Å². The first-order chi connectivity index (χ1) is 19.7. The number of aromatic carboxylic acids is 1. The Morgan fingerprint density at radius 3 is 2.41 bits per heavy atom. The highest BCUT2D eigenvalue weighted by atomic mass is 32.2. The minimum atomic E-state index is -4.06. The third-order valence-electron chi connectivity index (χ3n) is 7.12. The number of halogens is 1. The van der Waals surface area contributed by atoms with Crippen molar-refractivity contribution in [1.29, 1.82) is 0 Å². The summed E-state index contributed by atoms with van der Waals surface area (Å²) in [6, 6.07) is 21.5. The molecule has 1 aliphatic rings. The summed E-state index contributed by atoms with van der Waals surface area (Å²) < 4.78 is 40.5. The molecule has 1 saturated carbocycles. The normalized spacial score (nSPS) is 13.4. The van der Waals surface area contributed by atoms with Gasteiger partial charge in [0.05, 0.1) is 16.3 Å². The van der Waals surface area contributed by atoms with Gasteiger partial charge in [-0.2, -0.15) is 5.10 Å². The number of rotatable bonds is 9. The van der Waals surface area contributed by atoms with Gasteiger partial charge in [0.1, 0.15) is 5.82 Å². The first-order valence-corrected chi connectivity index (χ1v) is 15.4. The molecule has 3 N–H and O–H groups in total. The maximum absolute atomic E-state index is 15.3. The standard InChI is InChI=1S/C30H25FN4O4S2/c31-25-16-23(41(32,38)39)12-11-21(25)15-24-27(13-18-9-10-18)35(30-33-26(17-40-30)29(36)37)34-28(24)22-8-4-7-20(14-22)19-5-2-1-3-6-19/h1-8,11-12,14,16-18H,9-10,13,15H2,(H,36,37)(H2,32,38,39). The first kappa shape index (κ1) is 27.0. The van der Waals surface area contributed by atoms with Crippen LogP contribution in [-0.2, 0) is 22.9 Å². The molecular formula is C30H25FN4O4S2. The van der Waals surface area contributed by atoms with Crippen molar-refractivity contribution in [2.24, 2.45) is 11.1 Å². The van der Waals surface area contributed by atoms with E-state index in [1.165, 1.54) is 28.8 Å². The number of thiazole rings is 1. The number of carbonyl (C=O) groups is 1. The van der Waals surface area contributed by atoms with Crippen LogP contribution in [0.3, 0.4) is 0 Å². The van der Waals surface area contributed by atoms with E-state index < -0.39 is 21.8 Å². The van der Waals surface area contributed by atoms with Gasteiger partial charge in [0.2, 0.25) is 15.2 Å². The number of hydrogen-bond donors (Lipinski definition) is 2. The highest BCUT2D eigenvalue weighted by molar-refractivity contribution is 7.89. The van der Waals surface area contributed by atoms with Crippen molar-refractivity contribution in [2.75, 3.05) is 0 Å². The molecule has 0 bridgehead atoms. The topological polar surface area (TPSA) is 128 Å². The van der Waals surface area contributed by atoms with Gasteiger partial charge in [0, 0.05) is 22.9 Å². The Kier molecular flexibility index (Phi) is 7.02. The fourth-order valence-electron chi connectivity index (χ4n) is 4.84. The molecule has 0 radical (unpaired) electrons. The minimum Gasteiger partial charge on any atom is -0.476 e. The summed E-state index contributed by atoms with van der Waals surface area (Å²) in [5.74, 6) is -1.38. The Balaban J connectivity index is 1.53. The zero-order valence-corrected chi connectivity index (χ0v) is 23.3. The van der Waals surface area contributed by atoms with Crippen molar-refractivity contribution in [3.63, 3.8) is 0 Å². The molecule has 0 unspecified atom stereocenters. The van der Waals surface area contributed by atoms with Crippen LogP contribution in [0.15, 0.2) is 83.1 Å². The van der Waals surface area contributed by atoms with Gasteiger partial charge in [-0.1, -0.05) is 54.6 Å². The third-order valence-corrected chi connectivity index (χ3v) is 8.85. The SMILES string of the molecule is NS(=O)(=O)c1ccc(Cc2c(-c3cccc(-c4ccccc4)c3)nn(-c3nc(C(=O)O)cs3)c2CC2CC2)c(F)c1. The summed E-state index contributed by atoms with van der Waals surface area (Å²) >= 11 is 1.18. The van der Waals surface area contributed by atoms with Crippen LogP contribution in [0.4, 0.5) is 4.39 Å². The monoisotopic (exact) mass is 588 g/mol. The summed E-state index contributed by atoms with van der Waals surface area (Å²) in [4.78, 5) is 15.6. The van der Waals surface area contributed by atoms with E-state index in [2.05, 4.69) is 4.98 Å². The van der Waals surface area contributed by atoms with Crippen LogP contribution in [0.25, 0.3) is 27.5 Å². The number of primary sulfonamides is 1. The molecule has 0 spiro atoms. The van der Waals surface area contributed by atoms with Gasteiger partial charge in [0.15, 0.2) is 5.69 Å². The largest absolute Gasteiger partial charge is 0.476 e. The Morgan fingerprint density at radius 2 is 1.76 bits per heavy atom. The van der Waals surface area contributed by atoms with Gasteiger partial charge >= 0.3 is 5.97 Å². The molecule has 5 aromatic rings. The number of hydrogen-bond acceptors (Lipinski definition) is 6. The van der Waals surface area contributed by atoms with Crippen molar-refractivity contribution in [2.45, 2.75) is 30.6 Å². The average Bonchev–Trinajstić information content (AvgIpc) is 3.51. The third kappa shape index (κ3) is 5.69. The smallest absolute Gasteiger partial charge is 0.355 e. The van der Waals surface area contributed by atoms with Crippen LogP contribution in [0.2, 0.25) is 0 Å². The Hall–Kier alpha value is -4.19. The molecule has 1 fully saturated rings. The Bertz CT molecular complexity index is 1880. The van der Waals surface area contributed by atoms with Crippen LogP contribution in [0, 0.1) is 11.7 Å². The number of nitrogens with two attached hydrogens (primary N) is 1. The van der Waals surface area contributed by atoms with E-state index in [9.17, 15) is 18.3 Å². The van der Waals surface area contributed by atoms with Crippen molar-refractivity contribution in [3.05, 3.63) is 107 Å². The van der Waals surface area contributed by atoms with Gasteiger partial charge in [-0.3, -0.25) is 0 Å². The molecule has 0 amide bonds. The molecular weight excluding hydrogens is 563 g/mol. The second-order valence-corrected chi connectivity index (χ2v) is 12.5. The maximum atomic E-state index is 15.3. The summed E-state index contributed by atoms with van der Waals surface area (Å²) in [5.41, 5.74) is 5.28. The molecule has 0 aliphatic heterocycles. The summed E-state index contributed by atoms with van der Waals surface area (Å²) in [6.07, 6.45) is 2.92. The second kappa shape index (κ2) is 10.7. The van der Waals surface area contributed by atoms with E-state index in [1.807, 2.05) is 54.6 Å². The van der Waals surface area contributed by atoms with E-state index in [0.717, 1.165) is 46.9 Å². The zero-order chi connectivity index (χ0) is 28.7. The van der Waals surface area contributed by atoms with Gasteiger partial charge in [-0.25, -0.2) is 32.4 Å². The predicted molar refractivity (Wildman–Crippen MR) is 154 cm³/mol. The van der Waals surface area contributed by atoms with E-state index >= 15 is 4.39 Å². The summed E-state index contributed by atoms with van der Waals surface area (Å²) in [5, 5.41) is 21.5. The van der Waals surface area contributed by atoms with Crippen LogP contribution in [-0.4, -0.2) is 34.3 Å². The highest BCUT2D eigenvalue weighted by Gasteiger charge is 2.30. The molecule has 6 rings (SSSR count). The number of benzene rings is 3. The van der Waals surface area contributed by atoms with Gasteiger partial charge < -0.3 is 5.11 Å². The Morgan fingerprint density at radius 1 is 1.02 bits per heavy atom. The molecule has 2 aromatic heterocycles. The lowest BCUT2D eigenvalue weighted by Gasteiger charge is -2.11. The molecule has 1 aliphatic carbocycles. The van der Waals surface area contributed by atoms with Crippen LogP contribution >= 0.6 is 11.3 Å². The van der Waals surface area contributed by atoms with Gasteiger partial charge in [-0.15, -0.1) is 11.3 Å². The van der Waals surface area contributed by atoms with E-state index in [0.29, 0.717) is 28.7 Å². The number of aromatic nitrogens is 3. The Labute approximate surface area is 240 Å². The van der Waals surface area contributed by atoms with Crippen LogP contribution in [0.1, 0.15) is 40.2 Å². The lowest BCUT2D eigenvalue weighted by atomic mass is 9.95. The van der Waals surface area contributed by atoms with E-state index in [1.54, 1.807) is 4.68 Å². The molecule has 41 heavy (non-hydrogen) atoms. The zero-order valence-electron chi connectivity index (χ0n) is 21.7. The number of carboxylic acid groups (broad SMARTS) is 1. The fraction of sp³-hybridized carbons (Fsp3) is 0.167. The van der Waals surface area contributed by atoms with Gasteiger partial charge in [-0.05, 0) is 60.1 Å². The molecule has 8 nitrogen and oxygen atoms in total. The van der Waals surface area contributed by atoms with Crippen molar-refractivity contribution in [3.8, 4) is 27.5 Å². The first-order valence-electron chi connectivity index (χ1n) is 12.9. The molecule has 208 valence electrons. The average molecular weight is 589 g/mol. The number of nitrogens with zero attached hydrogens (tertiary/aromatic N) is 3. The number of sulfonamides is 1. The van der Waals surface area contributed by atoms with Gasteiger partial charge in [0.25, 0.3) is 0 Å². The minimum absolute atomic E-state index is 0.0725. The molecule has 0 atom stereocenters. The second-order valence-electron chi connectivity index (χ2n) is 10.1. The predicted octanol–water partition coefficient (Wildman–Crippen LogP) is 5.69. The van der Waals surface area contributed by atoms with E-state index in [-0.39, 0.29) is 17.0 Å². The lowest BCUT2D eigenvalue weighted by Crippen LogP contribution is -2.13. The van der Waals surface area contributed by atoms with Crippen molar-refractivity contribution >= 4 is 27.3 Å². The molecule has 11 heteroatoms. The lowest BCUT2D eigenvalue weighted by molar-refractivity contribution is 0.0691. The van der Waals surface area contributed by atoms with Crippen LogP contribution in [0.5, 0.6) is 0 Å². The molecule has 2 heterocycles. The van der Waals surface area contributed by atoms with Crippen molar-refractivity contribution in [1.82, 2.24) is 14.8 Å². The molecule has 3 aromatic carbocycles. The fourth-order valence-corrected chi connectivity index (χ4v) is 6.14.